The molecule has 0 aliphatic rings. The zero-order valence-electron chi connectivity index (χ0n) is 9.00. The van der Waals surface area contributed by atoms with Crippen molar-refractivity contribution in [1.29, 1.82) is 0 Å². The average molecular weight is 188 g/mol. The summed E-state index contributed by atoms with van der Waals surface area (Å²) in [4.78, 5) is 10.1. The molecule has 0 saturated carbocycles. The fraction of sp³-hybridized carbons (Fsp3) is 0.800. The van der Waals surface area contributed by atoms with Crippen molar-refractivity contribution in [3.05, 3.63) is 12.7 Å². The standard InChI is InChI=1S/C10H20O3/c1-6-7-11-9(2)8-12-13-10(3,4)5/h6,9H,1,7-8H2,2-5H3. The lowest BCUT2D eigenvalue weighted by atomic mass is 10.2. The molecule has 0 fully saturated rings. The van der Waals surface area contributed by atoms with Crippen LogP contribution in [0, 0.1) is 0 Å². The van der Waals surface area contributed by atoms with Gasteiger partial charge in [-0.25, -0.2) is 9.78 Å². The summed E-state index contributed by atoms with van der Waals surface area (Å²) in [7, 11) is 0. The Balaban J connectivity index is 3.36. The highest BCUT2D eigenvalue weighted by atomic mass is 17.2. The largest absolute Gasteiger partial charge is 0.372 e. The second-order valence-electron chi connectivity index (χ2n) is 3.91. The van der Waals surface area contributed by atoms with E-state index in [0.29, 0.717) is 13.2 Å². The topological polar surface area (TPSA) is 27.7 Å². The summed E-state index contributed by atoms with van der Waals surface area (Å²) in [6.45, 7) is 12.3. The van der Waals surface area contributed by atoms with E-state index < -0.39 is 0 Å². The molecule has 0 amide bonds. The lowest BCUT2D eigenvalue weighted by Crippen LogP contribution is -2.23. The fourth-order valence-corrected chi connectivity index (χ4v) is 0.587. The predicted octanol–water partition coefficient (Wildman–Crippen LogP) is 2.32. The van der Waals surface area contributed by atoms with Gasteiger partial charge in [0.2, 0.25) is 0 Å². The second kappa shape index (κ2) is 6.13. The van der Waals surface area contributed by atoms with Gasteiger partial charge in [-0.3, -0.25) is 0 Å². The van der Waals surface area contributed by atoms with Crippen LogP contribution in [0.25, 0.3) is 0 Å². The van der Waals surface area contributed by atoms with E-state index in [1.54, 1.807) is 6.08 Å². The van der Waals surface area contributed by atoms with Crippen LogP contribution in [-0.2, 0) is 14.5 Å². The molecule has 0 bridgehead atoms. The highest BCUT2D eigenvalue weighted by Crippen LogP contribution is 2.07. The van der Waals surface area contributed by atoms with Gasteiger partial charge >= 0.3 is 0 Å². The molecule has 13 heavy (non-hydrogen) atoms. The molecule has 3 heteroatoms. The average Bonchev–Trinajstić information content (AvgIpc) is 1.98. The van der Waals surface area contributed by atoms with Crippen molar-refractivity contribution in [1.82, 2.24) is 0 Å². The van der Waals surface area contributed by atoms with Crippen LogP contribution in [0.3, 0.4) is 0 Å². The Kier molecular flexibility index (Phi) is 5.95. The predicted molar refractivity (Wildman–Crippen MR) is 52.4 cm³/mol. The van der Waals surface area contributed by atoms with Gasteiger partial charge in [0, 0.05) is 0 Å². The summed E-state index contributed by atoms with van der Waals surface area (Å²) < 4.78 is 5.28. The zero-order chi connectivity index (χ0) is 10.3. The first-order chi connectivity index (χ1) is 5.95. The molecule has 0 aliphatic heterocycles. The molecule has 0 spiro atoms. The van der Waals surface area contributed by atoms with E-state index in [2.05, 4.69) is 6.58 Å². The van der Waals surface area contributed by atoms with Gasteiger partial charge in [-0.15, -0.1) is 6.58 Å². The molecule has 3 nitrogen and oxygen atoms in total. The second-order valence-corrected chi connectivity index (χ2v) is 3.91. The van der Waals surface area contributed by atoms with Crippen molar-refractivity contribution < 1.29 is 14.5 Å². The van der Waals surface area contributed by atoms with Crippen molar-refractivity contribution in [3.63, 3.8) is 0 Å². The summed E-state index contributed by atoms with van der Waals surface area (Å²) in [5, 5.41) is 0. The van der Waals surface area contributed by atoms with Crippen LogP contribution in [0.1, 0.15) is 27.7 Å². The Morgan fingerprint density at radius 3 is 2.46 bits per heavy atom. The van der Waals surface area contributed by atoms with Crippen molar-refractivity contribution >= 4 is 0 Å². The first-order valence-electron chi connectivity index (χ1n) is 4.49. The SMILES string of the molecule is C=CCOC(C)COOC(C)(C)C. The third-order valence-corrected chi connectivity index (χ3v) is 1.11. The third-order valence-electron chi connectivity index (χ3n) is 1.11. The van der Waals surface area contributed by atoms with Crippen molar-refractivity contribution in [2.45, 2.75) is 39.4 Å². The maximum atomic E-state index is 5.28. The molecule has 78 valence electrons. The van der Waals surface area contributed by atoms with Crippen LogP contribution in [0.4, 0.5) is 0 Å². The van der Waals surface area contributed by atoms with Gasteiger partial charge < -0.3 is 4.74 Å². The molecule has 1 unspecified atom stereocenters. The minimum atomic E-state index is -0.266. The van der Waals surface area contributed by atoms with Gasteiger partial charge in [0.15, 0.2) is 0 Å². The first kappa shape index (κ1) is 12.6. The highest BCUT2D eigenvalue weighted by molar-refractivity contribution is 4.65. The highest BCUT2D eigenvalue weighted by Gasteiger charge is 2.12. The molecular weight excluding hydrogens is 168 g/mol. The summed E-state index contributed by atoms with van der Waals surface area (Å²) in [5.74, 6) is 0. The monoisotopic (exact) mass is 188 g/mol. The van der Waals surface area contributed by atoms with Gasteiger partial charge in [0.1, 0.15) is 6.61 Å². The number of ether oxygens (including phenoxy) is 1. The van der Waals surface area contributed by atoms with E-state index in [1.165, 1.54) is 0 Å². The zero-order valence-corrected chi connectivity index (χ0v) is 9.00. The number of rotatable bonds is 6. The molecule has 0 aromatic carbocycles. The normalized spacial score (nSPS) is 14.2. The van der Waals surface area contributed by atoms with Gasteiger partial charge in [-0.05, 0) is 27.7 Å². The molecule has 0 heterocycles. The van der Waals surface area contributed by atoms with Crippen LogP contribution < -0.4 is 0 Å². The molecule has 0 aliphatic carbocycles. The fourth-order valence-electron chi connectivity index (χ4n) is 0.587. The van der Waals surface area contributed by atoms with Crippen molar-refractivity contribution in [3.8, 4) is 0 Å². The van der Waals surface area contributed by atoms with Gasteiger partial charge in [0.25, 0.3) is 0 Å². The summed E-state index contributed by atoms with van der Waals surface area (Å²) in [5.41, 5.74) is -0.266. The van der Waals surface area contributed by atoms with Crippen LogP contribution >= 0.6 is 0 Å². The molecular formula is C10H20O3. The van der Waals surface area contributed by atoms with Crippen molar-refractivity contribution in [2.75, 3.05) is 13.2 Å². The molecule has 1 atom stereocenters. The Hall–Kier alpha value is -0.380. The van der Waals surface area contributed by atoms with Gasteiger partial charge in [-0.1, -0.05) is 6.08 Å². The van der Waals surface area contributed by atoms with E-state index in [9.17, 15) is 0 Å². The minimum absolute atomic E-state index is 0.0281. The van der Waals surface area contributed by atoms with Gasteiger partial charge in [0.05, 0.1) is 18.3 Å². The van der Waals surface area contributed by atoms with E-state index in [0.717, 1.165) is 0 Å². The third kappa shape index (κ3) is 9.53. The Labute approximate surface area is 80.6 Å². The van der Waals surface area contributed by atoms with E-state index >= 15 is 0 Å². The lowest BCUT2D eigenvalue weighted by Gasteiger charge is -2.19. The summed E-state index contributed by atoms with van der Waals surface area (Å²) in [6.07, 6.45) is 1.74. The smallest absolute Gasteiger partial charge is 0.108 e. The number of hydrogen-bond donors (Lipinski definition) is 0. The first-order valence-corrected chi connectivity index (χ1v) is 4.49. The quantitative estimate of drug-likeness (QED) is 0.364. The van der Waals surface area contributed by atoms with E-state index in [-0.39, 0.29) is 11.7 Å². The Bertz CT molecular complexity index is 138. The van der Waals surface area contributed by atoms with Crippen LogP contribution in [0.5, 0.6) is 0 Å². The number of hydrogen-bond acceptors (Lipinski definition) is 3. The molecule has 0 aromatic heterocycles. The van der Waals surface area contributed by atoms with Gasteiger partial charge in [-0.2, -0.15) is 0 Å². The molecule has 0 rings (SSSR count). The van der Waals surface area contributed by atoms with E-state index in [4.69, 9.17) is 14.5 Å². The van der Waals surface area contributed by atoms with Crippen molar-refractivity contribution in [2.24, 2.45) is 0 Å². The molecule has 0 N–H and O–H groups in total. The van der Waals surface area contributed by atoms with E-state index in [1.807, 2.05) is 27.7 Å². The summed E-state index contributed by atoms with van der Waals surface area (Å²) >= 11 is 0. The summed E-state index contributed by atoms with van der Waals surface area (Å²) in [6, 6.07) is 0. The maximum Gasteiger partial charge on any atom is 0.108 e. The van der Waals surface area contributed by atoms with Crippen LogP contribution in [-0.4, -0.2) is 24.9 Å². The Morgan fingerprint density at radius 1 is 1.38 bits per heavy atom. The minimum Gasteiger partial charge on any atom is -0.372 e. The molecule has 0 aromatic rings. The van der Waals surface area contributed by atoms with Crippen LogP contribution in [0.15, 0.2) is 12.7 Å². The Morgan fingerprint density at radius 2 is 2.00 bits per heavy atom. The molecule has 0 saturated heterocycles. The maximum absolute atomic E-state index is 5.28. The lowest BCUT2D eigenvalue weighted by molar-refractivity contribution is -0.356. The molecule has 0 radical (unpaired) electrons. The van der Waals surface area contributed by atoms with Crippen LogP contribution in [0.2, 0.25) is 0 Å².